The normalized spacial score (nSPS) is 23.8. The zero-order chi connectivity index (χ0) is 12.2. The second kappa shape index (κ2) is 5.34. The predicted octanol–water partition coefficient (Wildman–Crippen LogP) is 3.52. The summed E-state index contributed by atoms with van der Waals surface area (Å²) < 4.78 is 10.2. The predicted molar refractivity (Wildman–Crippen MR) is 70.3 cm³/mol. The Kier molecular flexibility index (Phi) is 3.40. The maximum atomic E-state index is 5.09. The average molecular weight is 240 g/mol. The molecule has 0 unspecified atom stereocenters. The second-order valence-corrected chi connectivity index (χ2v) is 4.47. The molecule has 2 aromatic rings. The molecule has 0 aliphatic carbocycles. The van der Waals surface area contributed by atoms with Crippen molar-refractivity contribution >= 4 is 0 Å². The van der Waals surface area contributed by atoms with Crippen LogP contribution in [-0.2, 0) is 9.47 Å². The van der Waals surface area contributed by atoms with Crippen LogP contribution in [0.25, 0.3) is 0 Å². The van der Waals surface area contributed by atoms with Gasteiger partial charge in [-0.3, -0.25) is 0 Å². The standard InChI is InChI=1S/2C8H8O/c2*1-2-4-7(5-3-1)8-6-9-8/h2*1-5,8H,6H2/t2*8-/m10/s1. The van der Waals surface area contributed by atoms with Crippen LogP contribution in [0.4, 0.5) is 0 Å². The van der Waals surface area contributed by atoms with E-state index in [0.29, 0.717) is 12.2 Å². The van der Waals surface area contributed by atoms with E-state index in [4.69, 9.17) is 9.47 Å². The third-order valence-electron chi connectivity index (χ3n) is 3.01. The van der Waals surface area contributed by atoms with Gasteiger partial charge in [-0.15, -0.1) is 0 Å². The van der Waals surface area contributed by atoms with Gasteiger partial charge >= 0.3 is 0 Å². The van der Waals surface area contributed by atoms with Gasteiger partial charge in [-0.25, -0.2) is 0 Å². The maximum absolute atomic E-state index is 5.09. The highest BCUT2D eigenvalue weighted by atomic mass is 16.6. The van der Waals surface area contributed by atoms with Crippen LogP contribution in [0.2, 0.25) is 0 Å². The quantitative estimate of drug-likeness (QED) is 0.750. The minimum atomic E-state index is 0.409. The van der Waals surface area contributed by atoms with Gasteiger partial charge in [0.25, 0.3) is 0 Å². The van der Waals surface area contributed by atoms with Gasteiger partial charge in [0.15, 0.2) is 0 Å². The molecule has 2 heterocycles. The number of benzene rings is 2. The largest absolute Gasteiger partial charge is 0.368 e. The Labute approximate surface area is 107 Å². The van der Waals surface area contributed by atoms with E-state index in [-0.39, 0.29) is 0 Å². The third kappa shape index (κ3) is 3.19. The first kappa shape index (κ1) is 11.5. The molecule has 2 aromatic carbocycles. The fourth-order valence-corrected chi connectivity index (χ4v) is 1.82. The molecule has 18 heavy (non-hydrogen) atoms. The highest BCUT2D eigenvalue weighted by Crippen LogP contribution is 2.29. The molecule has 0 aromatic heterocycles. The summed E-state index contributed by atoms with van der Waals surface area (Å²) in [5, 5.41) is 0. The second-order valence-electron chi connectivity index (χ2n) is 4.47. The van der Waals surface area contributed by atoms with Crippen LogP contribution in [0, 0.1) is 0 Å². The number of ether oxygens (including phenoxy) is 2. The van der Waals surface area contributed by atoms with E-state index >= 15 is 0 Å². The highest BCUT2D eigenvalue weighted by Gasteiger charge is 2.24. The van der Waals surface area contributed by atoms with Crippen LogP contribution in [0.5, 0.6) is 0 Å². The minimum absolute atomic E-state index is 0.409. The molecule has 0 spiro atoms. The molecule has 2 fully saturated rings. The number of hydrogen-bond acceptors (Lipinski definition) is 2. The van der Waals surface area contributed by atoms with E-state index in [1.54, 1.807) is 0 Å². The van der Waals surface area contributed by atoms with Crippen molar-refractivity contribution in [1.82, 2.24) is 0 Å². The molecular formula is C16H16O2. The lowest BCUT2D eigenvalue weighted by atomic mass is 10.2. The molecule has 0 saturated carbocycles. The zero-order valence-corrected chi connectivity index (χ0v) is 10.2. The van der Waals surface area contributed by atoms with E-state index < -0.39 is 0 Å². The minimum Gasteiger partial charge on any atom is -0.368 e. The molecular weight excluding hydrogens is 224 g/mol. The molecule has 0 amide bonds. The summed E-state index contributed by atoms with van der Waals surface area (Å²) in [4.78, 5) is 0. The SMILES string of the molecule is c1ccc([C@@H]2CO2)cc1.c1ccc([C@H]2CO2)cc1. The molecule has 2 heteroatoms. The van der Waals surface area contributed by atoms with Gasteiger partial charge in [0, 0.05) is 0 Å². The van der Waals surface area contributed by atoms with E-state index in [9.17, 15) is 0 Å². The van der Waals surface area contributed by atoms with Crippen molar-refractivity contribution < 1.29 is 9.47 Å². The van der Waals surface area contributed by atoms with Gasteiger partial charge in [-0.1, -0.05) is 60.7 Å². The van der Waals surface area contributed by atoms with Gasteiger partial charge in [-0.05, 0) is 11.1 Å². The summed E-state index contributed by atoms with van der Waals surface area (Å²) in [6, 6.07) is 20.6. The zero-order valence-electron chi connectivity index (χ0n) is 10.2. The van der Waals surface area contributed by atoms with E-state index in [0.717, 1.165) is 13.2 Å². The summed E-state index contributed by atoms with van der Waals surface area (Å²) in [6.45, 7) is 1.81. The molecule has 0 bridgehead atoms. The number of rotatable bonds is 2. The number of hydrogen-bond donors (Lipinski definition) is 0. The lowest BCUT2D eigenvalue weighted by Gasteiger charge is -1.89. The summed E-state index contributed by atoms with van der Waals surface area (Å²) >= 11 is 0. The van der Waals surface area contributed by atoms with Gasteiger partial charge < -0.3 is 9.47 Å². The van der Waals surface area contributed by atoms with Crippen molar-refractivity contribution in [3.05, 3.63) is 71.8 Å². The molecule has 2 saturated heterocycles. The summed E-state index contributed by atoms with van der Waals surface area (Å²) in [5.41, 5.74) is 2.61. The van der Waals surface area contributed by atoms with E-state index in [2.05, 4.69) is 24.3 Å². The smallest absolute Gasteiger partial charge is 0.106 e. The Morgan fingerprint density at radius 2 is 0.944 bits per heavy atom. The van der Waals surface area contributed by atoms with Gasteiger partial charge in [0.05, 0.1) is 13.2 Å². The molecule has 2 aliphatic heterocycles. The Bertz CT molecular complexity index is 425. The van der Waals surface area contributed by atoms with Crippen LogP contribution >= 0.6 is 0 Å². The monoisotopic (exact) mass is 240 g/mol. The third-order valence-corrected chi connectivity index (χ3v) is 3.01. The van der Waals surface area contributed by atoms with Crippen LogP contribution in [-0.4, -0.2) is 13.2 Å². The summed E-state index contributed by atoms with van der Waals surface area (Å²) in [6.07, 6.45) is 0.817. The molecule has 4 rings (SSSR count). The molecule has 92 valence electrons. The van der Waals surface area contributed by atoms with Crippen LogP contribution in [0.15, 0.2) is 60.7 Å². The Morgan fingerprint density at radius 3 is 1.22 bits per heavy atom. The molecule has 2 nitrogen and oxygen atoms in total. The van der Waals surface area contributed by atoms with Crippen molar-refractivity contribution in [3.63, 3.8) is 0 Å². The van der Waals surface area contributed by atoms with Crippen molar-refractivity contribution in [1.29, 1.82) is 0 Å². The average Bonchev–Trinajstić information content (AvgIpc) is 3.34. The molecule has 0 N–H and O–H groups in total. The van der Waals surface area contributed by atoms with Crippen molar-refractivity contribution in [2.75, 3.05) is 13.2 Å². The van der Waals surface area contributed by atoms with Gasteiger partial charge in [-0.2, -0.15) is 0 Å². The first-order valence-electron chi connectivity index (χ1n) is 6.26. The van der Waals surface area contributed by atoms with E-state index in [1.165, 1.54) is 11.1 Å². The van der Waals surface area contributed by atoms with Crippen LogP contribution in [0.1, 0.15) is 23.3 Å². The first-order chi connectivity index (χ1) is 8.93. The Morgan fingerprint density at radius 1 is 0.611 bits per heavy atom. The van der Waals surface area contributed by atoms with Crippen molar-refractivity contribution in [2.24, 2.45) is 0 Å². The highest BCUT2D eigenvalue weighted by molar-refractivity contribution is 5.20. The molecule has 2 aliphatic rings. The van der Waals surface area contributed by atoms with Crippen LogP contribution in [0.3, 0.4) is 0 Å². The molecule has 0 radical (unpaired) electrons. The fourth-order valence-electron chi connectivity index (χ4n) is 1.82. The molecule has 2 atom stereocenters. The van der Waals surface area contributed by atoms with Crippen LogP contribution < -0.4 is 0 Å². The topological polar surface area (TPSA) is 25.1 Å². The summed E-state index contributed by atoms with van der Waals surface area (Å²) in [5.74, 6) is 0. The lowest BCUT2D eigenvalue weighted by Crippen LogP contribution is -1.75. The van der Waals surface area contributed by atoms with E-state index in [1.807, 2.05) is 36.4 Å². The van der Waals surface area contributed by atoms with Crippen molar-refractivity contribution in [3.8, 4) is 0 Å². The summed E-state index contributed by atoms with van der Waals surface area (Å²) in [7, 11) is 0. The lowest BCUT2D eigenvalue weighted by molar-refractivity contribution is 0.415. The number of epoxide rings is 2. The van der Waals surface area contributed by atoms with Gasteiger partial charge in [0.1, 0.15) is 12.2 Å². The van der Waals surface area contributed by atoms with Gasteiger partial charge in [0.2, 0.25) is 0 Å². The first-order valence-corrected chi connectivity index (χ1v) is 6.26. The Balaban J connectivity index is 0.000000111. The fraction of sp³-hybridized carbons (Fsp3) is 0.250. The Hall–Kier alpha value is -1.64. The van der Waals surface area contributed by atoms with Crippen molar-refractivity contribution in [2.45, 2.75) is 12.2 Å². The maximum Gasteiger partial charge on any atom is 0.106 e.